The average molecular weight is 917 g/mol. The third-order valence-corrected chi connectivity index (χ3v) is 13.5. The van der Waals surface area contributed by atoms with Gasteiger partial charge in [-0.3, -0.25) is 9.59 Å². The van der Waals surface area contributed by atoms with Gasteiger partial charge in [-0.15, -0.1) is 0 Å². The monoisotopic (exact) mass is 916 g/mol. The fourth-order valence-electron chi connectivity index (χ4n) is 8.98. The fourth-order valence-corrected chi connectivity index (χ4v) is 8.98. The SMILES string of the molecule is CCCCCC/C=C\CCCCCCCC(=O)OCCCCCCCCCCCCCCCCCCCCC(=O)NC(CO)C(O)/C=C/CCCCCCCCCCCCCCCCC. The maximum absolute atomic E-state index is 12.5. The maximum Gasteiger partial charge on any atom is 0.305 e. The molecule has 0 aliphatic rings. The molecule has 0 aromatic rings. The zero-order valence-corrected chi connectivity index (χ0v) is 43.7. The normalized spacial score (nSPS) is 12.7. The van der Waals surface area contributed by atoms with E-state index in [2.05, 4.69) is 31.3 Å². The van der Waals surface area contributed by atoms with Gasteiger partial charge in [-0.1, -0.05) is 269 Å². The molecule has 0 saturated carbocycles. The van der Waals surface area contributed by atoms with Crippen molar-refractivity contribution in [3.63, 3.8) is 0 Å². The molecule has 0 heterocycles. The van der Waals surface area contributed by atoms with E-state index in [1.54, 1.807) is 6.08 Å². The van der Waals surface area contributed by atoms with Crippen molar-refractivity contribution in [1.29, 1.82) is 0 Å². The summed E-state index contributed by atoms with van der Waals surface area (Å²) in [6.45, 7) is 4.89. The van der Waals surface area contributed by atoms with E-state index in [1.165, 1.54) is 244 Å². The molecular formula is C59H113NO5. The molecule has 6 nitrogen and oxygen atoms in total. The van der Waals surface area contributed by atoms with Crippen molar-refractivity contribution in [2.45, 2.75) is 328 Å². The molecule has 0 bridgehead atoms. The Morgan fingerprint density at radius 1 is 0.415 bits per heavy atom. The van der Waals surface area contributed by atoms with Gasteiger partial charge in [0.1, 0.15) is 0 Å². The van der Waals surface area contributed by atoms with Gasteiger partial charge < -0.3 is 20.3 Å². The smallest absolute Gasteiger partial charge is 0.305 e. The Bertz CT molecular complexity index is 1010. The van der Waals surface area contributed by atoms with Crippen molar-refractivity contribution < 1.29 is 24.5 Å². The van der Waals surface area contributed by atoms with Crippen LogP contribution in [0.3, 0.4) is 0 Å². The summed E-state index contributed by atoms with van der Waals surface area (Å²) < 4.78 is 5.46. The minimum absolute atomic E-state index is 0.00259. The number of allylic oxidation sites excluding steroid dienone is 3. The van der Waals surface area contributed by atoms with Gasteiger partial charge in [-0.05, 0) is 57.8 Å². The van der Waals surface area contributed by atoms with Crippen LogP contribution in [0.1, 0.15) is 316 Å². The molecule has 384 valence electrons. The van der Waals surface area contributed by atoms with Gasteiger partial charge in [0.05, 0.1) is 25.4 Å². The minimum atomic E-state index is -0.847. The number of nitrogens with one attached hydrogen (secondary N) is 1. The number of amides is 1. The highest BCUT2D eigenvalue weighted by Crippen LogP contribution is 2.17. The van der Waals surface area contributed by atoms with Crippen LogP contribution in [0.2, 0.25) is 0 Å². The minimum Gasteiger partial charge on any atom is -0.466 e. The fraction of sp³-hybridized carbons (Fsp3) is 0.898. The number of hydrogen-bond donors (Lipinski definition) is 3. The number of carbonyl (C=O) groups excluding carboxylic acids is 2. The van der Waals surface area contributed by atoms with Gasteiger partial charge in [-0.25, -0.2) is 0 Å². The number of unbranched alkanes of at least 4 members (excludes halogenated alkanes) is 41. The van der Waals surface area contributed by atoms with Crippen molar-refractivity contribution in [2.75, 3.05) is 13.2 Å². The third-order valence-electron chi connectivity index (χ3n) is 13.5. The van der Waals surface area contributed by atoms with Crippen LogP contribution < -0.4 is 5.32 Å². The molecule has 0 radical (unpaired) electrons. The van der Waals surface area contributed by atoms with E-state index in [9.17, 15) is 19.8 Å². The molecule has 6 heteroatoms. The molecule has 0 aromatic heterocycles. The Labute approximate surface area is 405 Å². The number of aliphatic hydroxyl groups excluding tert-OH is 2. The Hall–Kier alpha value is -1.66. The van der Waals surface area contributed by atoms with Crippen molar-refractivity contribution >= 4 is 11.9 Å². The average Bonchev–Trinajstić information content (AvgIpc) is 3.31. The first kappa shape index (κ1) is 63.3. The van der Waals surface area contributed by atoms with E-state index in [0.29, 0.717) is 19.4 Å². The van der Waals surface area contributed by atoms with E-state index < -0.39 is 12.1 Å². The zero-order valence-electron chi connectivity index (χ0n) is 43.7. The lowest BCUT2D eigenvalue weighted by molar-refractivity contribution is -0.143. The summed E-state index contributed by atoms with van der Waals surface area (Å²) in [5.41, 5.74) is 0. The van der Waals surface area contributed by atoms with E-state index in [-0.39, 0.29) is 18.5 Å². The van der Waals surface area contributed by atoms with E-state index >= 15 is 0 Å². The molecule has 1 amide bonds. The largest absolute Gasteiger partial charge is 0.466 e. The standard InChI is InChI=1S/C59H113NO5/c1-3-5-7-9-11-13-15-17-18-21-24-28-31-35-39-43-47-51-57(62)56(55-61)60-58(63)52-48-44-40-36-32-29-25-22-19-20-23-26-30-34-38-42-46-50-54-65-59(64)53-49-45-41-37-33-27-16-14-12-10-8-6-4-2/h14,16,47,51,56-57,61-62H,3-13,15,17-46,48-50,52-55H2,1-2H3,(H,60,63)/b16-14-,51-47+. The first-order valence-electron chi connectivity index (χ1n) is 29.1. The van der Waals surface area contributed by atoms with Crippen LogP contribution >= 0.6 is 0 Å². The van der Waals surface area contributed by atoms with Crippen LogP contribution in [0.4, 0.5) is 0 Å². The Balaban J connectivity index is 3.44. The van der Waals surface area contributed by atoms with Gasteiger partial charge >= 0.3 is 5.97 Å². The van der Waals surface area contributed by atoms with Gasteiger partial charge in [-0.2, -0.15) is 0 Å². The molecule has 0 aliphatic carbocycles. The van der Waals surface area contributed by atoms with Crippen molar-refractivity contribution in [3.8, 4) is 0 Å². The number of ether oxygens (including phenoxy) is 1. The summed E-state index contributed by atoms with van der Waals surface area (Å²) in [4.78, 5) is 24.5. The molecule has 0 aromatic carbocycles. The number of esters is 1. The Kier molecular flexibility index (Phi) is 53.5. The molecule has 0 spiro atoms. The molecule has 0 rings (SSSR count). The summed E-state index contributed by atoms with van der Waals surface area (Å²) in [6, 6.07) is -0.631. The van der Waals surface area contributed by atoms with Gasteiger partial charge in [0.25, 0.3) is 0 Å². The molecular weight excluding hydrogens is 803 g/mol. The molecule has 2 atom stereocenters. The summed E-state index contributed by atoms with van der Waals surface area (Å²) in [5.74, 6) is -0.0729. The van der Waals surface area contributed by atoms with Gasteiger partial charge in [0, 0.05) is 12.8 Å². The van der Waals surface area contributed by atoms with Crippen LogP contribution in [-0.4, -0.2) is 47.4 Å². The molecule has 0 saturated heterocycles. The zero-order chi connectivity index (χ0) is 47.2. The third kappa shape index (κ3) is 51.6. The van der Waals surface area contributed by atoms with Crippen molar-refractivity contribution in [2.24, 2.45) is 0 Å². The molecule has 2 unspecified atom stereocenters. The summed E-state index contributed by atoms with van der Waals surface area (Å²) >= 11 is 0. The second-order valence-electron chi connectivity index (χ2n) is 20.0. The predicted octanol–water partition coefficient (Wildman–Crippen LogP) is 17.9. The number of hydrogen-bond acceptors (Lipinski definition) is 5. The van der Waals surface area contributed by atoms with Crippen molar-refractivity contribution in [3.05, 3.63) is 24.3 Å². The van der Waals surface area contributed by atoms with Crippen LogP contribution in [0, 0.1) is 0 Å². The van der Waals surface area contributed by atoms with Crippen molar-refractivity contribution in [1.82, 2.24) is 5.32 Å². The van der Waals surface area contributed by atoms with E-state index in [4.69, 9.17) is 4.74 Å². The van der Waals surface area contributed by atoms with Gasteiger partial charge in [0.2, 0.25) is 5.91 Å². The topological polar surface area (TPSA) is 95.9 Å². The van der Waals surface area contributed by atoms with Crippen LogP contribution in [0.25, 0.3) is 0 Å². The first-order chi connectivity index (χ1) is 32.0. The quantitative estimate of drug-likeness (QED) is 0.0321. The second-order valence-corrected chi connectivity index (χ2v) is 20.0. The van der Waals surface area contributed by atoms with Crippen LogP contribution in [-0.2, 0) is 14.3 Å². The predicted molar refractivity (Wildman–Crippen MR) is 283 cm³/mol. The maximum atomic E-state index is 12.5. The molecule has 65 heavy (non-hydrogen) atoms. The summed E-state index contributed by atoms with van der Waals surface area (Å²) in [5, 5.41) is 23.1. The highest BCUT2D eigenvalue weighted by atomic mass is 16.5. The number of carbonyl (C=O) groups is 2. The number of rotatable bonds is 54. The molecule has 0 fully saturated rings. The summed E-state index contributed by atoms with van der Waals surface area (Å²) in [7, 11) is 0. The summed E-state index contributed by atoms with van der Waals surface area (Å²) in [6.07, 6.45) is 66.2. The van der Waals surface area contributed by atoms with Gasteiger partial charge in [0.15, 0.2) is 0 Å². The highest BCUT2D eigenvalue weighted by Gasteiger charge is 2.18. The lowest BCUT2D eigenvalue weighted by Crippen LogP contribution is -2.45. The molecule has 0 aliphatic heterocycles. The lowest BCUT2D eigenvalue weighted by Gasteiger charge is -2.20. The Morgan fingerprint density at radius 2 is 0.723 bits per heavy atom. The molecule has 3 N–H and O–H groups in total. The highest BCUT2D eigenvalue weighted by molar-refractivity contribution is 5.76. The Morgan fingerprint density at radius 3 is 1.11 bits per heavy atom. The number of aliphatic hydroxyl groups is 2. The van der Waals surface area contributed by atoms with Crippen LogP contribution in [0.15, 0.2) is 24.3 Å². The van der Waals surface area contributed by atoms with Crippen LogP contribution in [0.5, 0.6) is 0 Å². The van der Waals surface area contributed by atoms with E-state index in [1.807, 2.05) is 6.08 Å². The lowest BCUT2D eigenvalue weighted by atomic mass is 10.0. The first-order valence-corrected chi connectivity index (χ1v) is 29.1. The second kappa shape index (κ2) is 54.9. The van der Waals surface area contributed by atoms with E-state index in [0.717, 1.165) is 44.9 Å².